The number of para-hydroxylation sites is 1. The zero-order chi connectivity index (χ0) is 13.0. The number of hydrogen-bond acceptors (Lipinski definition) is 3. The molecular formula is C14H15BrN2O. The third-order valence-corrected chi connectivity index (χ3v) is 3.61. The number of pyridine rings is 1. The van der Waals surface area contributed by atoms with E-state index in [4.69, 9.17) is 0 Å². The van der Waals surface area contributed by atoms with Crippen LogP contribution in [0.15, 0.2) is 53.3 Å². The fourth-order valence-corrected chi connectivity index (χ4v) is 2.17. The number of benzene rings is 1. The van der Waals surface area contributed by atoms with Crippen molar-refractivity contribution in [2.75, 3.05) is 11.9 Å². The molecule has 0 bridgehead atoms. The Morgan fingerprint density at radius 3 is 2.50 bits per heavy atom. The van der Waals surface area contributed by atoms with Crippen molar-refractivity contribution < 1.29 is 5.11 Å². The van der Waals surface area contributed by atoms with Gasteiger partial charge in [0.15, 0.2) is 0 Å². The zero-order valence-electron chi connectivity index (χ0n) is 10.1. The molecule has 2 N–H and O–H groups in total. The number of halogens is 1. The van der Waals surface area contributed by atoms with Gasteiger partial charge in [-0.15, -0.1) is 0 Å². The Hall–Kier alpha value is -1.39. The molecule has 1 atom stereocenters. The summed E-state index contributed by atoms with van der Waals surface area (Å²) in [5.41, 5.74) is 1.41. The van der Waals surface area contributed by atoms with Crippen molar-refractivity contribution in [1.29, 1.82) is 0 Å². The second kappa shape index (κ2) is 5.50. The van der Waals surface area contributed by atoms with Crippen LogP contribution in [0, 0.1) is 0 Å². The van der Waals surface area contributed by atoms with Crippen LogP contribution in [0.5, 0.6) is 0 Å². The average Bonchev–Trinajstić information content (AvgIpc) is 2.42. The number of nitrogens with one attached hydrogen (secondary N) is 1. The van der Waals surface area contributed by atoms with Crippen molar-refractivity contribution in [3.8, 4) is 0 Å². The van der Waals surface area contributed by atoms with E-state index in [1.54, 1.807) is 12.4 Å². The van der Waals surface area contributed by atoms with Crippen LogP contribution < -0.4 is 5.32 Å². The van der Waals surface area contributed by atoms with Crippen LogP contribution in [-0.4, -0.2) is 16.7 Å². The summed E-state index contributed by atoms with van der Waals surface area (Å²) in [7, 11) is 0. The lowest BCUT2D eigenvalue weighted by atomic mass is 9.93. The molecule has 94 valence electrons. The summed E-state index contributed by atoms with van der Waals surface area (Å²) in [5.74, 6) is 0. The van der Waals surface area contributed by atoms with Crippen LogP contribution in [-0.2, 0) is 5.54 Å². The van der Waals surface area contributed by atoms with E-state index < -0.39 is 5.54 Å². The first kappa shape index (κ1) is 13.1. The number of aliphatic hydroxyl groups excluding tert-OH is 1. The molecule has 1 aromatic heterocycles. The molecule has 2 aromatic rings. The van der Waals surface area contributed by atoms with E-state index in [2.05, 4.69) is 26.2 Å². The fraction of sp³-hybridized carbons (Fsp3) is 0.214. The van der Waals surface area contributed by atoms with E-state index in [1.807, 2.05) is 43.3 Å². The largest absolute Gasteiger partial charge is 0.394 e. The third-order valence-electron chi connectivity index (χ3n) is 2.92. The summed E-state index contributed by atoms with van der Waals surface area (Å²) in [6.07, 6.45) is 3.45. The molecule has 0 saturated heterocycles. The molecule has 0 amide bonds. The van der Waals surface area contributed by atoms with E-state index in [9.17, 15) is 5.11 Å². The highest BCUT2D eigenvalue weighted by molar-refractivity contribution is 9.10. The second-order valence-electron chi connectivity index (χ2n) is 4.33. The molecule has 0 aliphatic carbocycles. The van der Waals surface area contributed by atoms with Crippen molar-refractivity contribution >= 4 is 21.6 Å². The predicted molar refractivity (Wildman–Crippen MR) is 76.4 cm³/mol. The molecule has 0 aliphatic heterocycles. The molecule has 1 unspecified atom stereocenters. The van der Waals surface area contributed by atoms with Gasteiger partial charge < -0.3 is 10.4 Å². The van der Waals surface area contributed by atoms with E-state index >= 15 is 0 Å². The molecular weight excluding hydrogens is 292 g/mol. The van der Waals surface area contributed by atoms with E-state index in [0.717, 1.165) is 15.7 Å². The smallest absolute Gasteiger partial charge is 0.0829 e. The number of nitrogens with zero attached hydrogens (tertiary/aromatic N) is 1. The topological polar surface area (TPSA) is 45.1 Å². The Labute approximate surface area is 115 Å². The van der Waals surface area contributed by atoms with Gasteiger partial charge in [0.05, 0.1) is 12.1 Å². The molecule has 18 heavy (non-hydrogen) atoms. The fourth-order valence-electron chi connectivity index (χ4n) is 1.78. The van der Waals surface area contributed by atoms with Crippen molar-refractivity contribution in [3.63, 3.8) is 0 Å². The number of aromatic nitrogens is 1. The van der Waals surface area contributed by atoms with Crippen molar-refractivity contribution in [2.24, 2.45) is 0 Å². The first-order valence-corrected chi connectivity index (χ1v) is 6.49. The molecule has 0 saturated carbocycles. The van der Waals surface area contributed by atoms with Crippen molar-refractivity contribution in [3.05, 3.63) is 58.8 Å². The molecule has 0 aliphatic rings. The highest BCUT2D eigenvalue weighted by Crippen LogP contribution is 2.29. The summed E-state index contributed by atoms with van der Waals surface area (Å²) in [5, 5.41) is 13.1. The van der Waals surface area contributed by atoms with Crippen LogP contribution in [0.4, 0.5) is 5.69 Å². The quantitative estimate of drug-likeness (QED) is 0.912. The molecule has 1 heterocycles. The molecule has 2 rings (SSSR count). The van der Waals surface area contributed by atoms with E-state index in [-0.39, 0.29) is 6.61 Å². The standard InChI is InChI=1S/C14H15BrN2O/c1-14(10-18,11-6-8-16-9-7-11)17-13-5-3-2-4-12(13)15/h2-9,17-18H,10H2,1H3. The molecule has 0 spiro atoms. The number of anilines is 1. The molecule has 1 aromatic carbocycles. The lowest BCUT2D eigenvalue weighted by Gasteiger charge is -2.30. The Morgan fingerprint density at radius 2 is 1.89 bits per heavy atom. The van der Waals surface area contributed by atoms with Crippen LogP contribution in [0.25, 0.3) is 0 Å². The van der Waals surface area contributed by atoms with Gasteiger partial charge in [0, 0.05) is 22.6 Å². The average molecular weight is 307 g/mol. The molecule has 0 fully saturated rings. The van der Waals surface area contributed by atoms with Gasteiger partial charge >= 0.3 is 0 Å². The summed E-state index contributed by atoms with van der Waals surface area (Å²) >= 11 is 3.49. The summed E-state index contributed by atoms with van der Waals surface area (Å²) in [6, 6.07) is 11.7. The summed E-state index contributed by atoms with van der Waals surface area (Å²) < 4.78 is 0.971. The van der Waals surface area contributed by atoms with Gasteiger partial charge in [-0.25, -0.2) is 0 Å². The first-order chi connectivity index (χ1) is 8.65. The minimum atomic E-state index is -0.535. The SMILES string of the molecule is CC(CO)(Nc1ccccc1Br)c1ccncc1. The van der Waals surface area contributed by atoms with Gasteiger partial charge in [-0.3, -0.25) is 4.98 Å². The Morgan fingerprint density at radius 1 is 1.22 bits per heavy atom. The first-order valence-electron chi connectivity index (χ1n) is 5.70. The normalized spacial score (nSPS) is 13.9. The van der Waals surface area contributed by atoms with Crippen LogP contribution in [0.1, 0.15) is 12.5 Å². The minimum absolute atomic E-state index is 0.00164. The van der Waals surface area contributed by atoms with Gasteiger partial charge in [0.2, 0.25) is 0 Å². The van der Waals surface area contributed by atoms with Gasteiger partial charge in [-0.1, -0.05) is 12.1 Å². The van der Waals surface area contributed by atoms with Crippen molar-refractivity contribution in [2.45, 2.75) is 12.5 Å². The van der Waals surface area contributed by atoms with Crippen LogP contribution >= 0.6 is 15.9 Å². The minimum Gasteiger partial charge on any atom is -0.394 e. The number of aliphatic hydroxyl groups is 1. The lowest BCUT2D eigenvalue weighted by Crippen LogP contribution is -2.36. The predicted octanol–water partition coefficient (Wildman–Crippen LogP) is 3.16. The molecule has 3 nitrogen and oxygen atoms in total. The second-order valence-corrected chi connectivity index (χ2v) is 5.19. The van der Waals surface area contributed by atoms with Gasteiger partial charge in [0.1, 0.15) is 0 Å². The monoisotopic (exact) mass is 306 g/mol. The Balaban J connectivity index is 2.32. The van der Waals surface area contributed by atoms with Crippen LogP contribution in [0.3, 0.4) is 0 Å². The van der Waals surface area contributed by atoms with E-state index in [1.165, 1.54) is 0 Å². The van der Waals surface area contributed by atoms with Crippen molar-refractivity contribution in [1.82, 2.24) is 4.98 Å². The van der Waals surface area contributed by atoms with Gasteiger partial charge in [0.25, 0.3) is 0 Å². The zero-order valence-corrected chi connectivity index (χ0v) is 11.7. The summed E-state index contributed by atoms with van der Waals surface area (Å²) in [6.45, 7) is 1.96. The van der Waals surface area contributed by atoms with Gasteiger partial charge in [-0.05, 0) is 52.7 Å². The highest BCUT2D eigenvalue weighted by atomic mass is 79.9. The number of rotatable bonds is 4. The maximum absolute atomic E-state index is 9.69. The highest BCUT2D eigenvalue weighted by Gasteiger charge is 2.26. The maximum atomic E-state index is 9.69. The lowest BCUT2D eigenvalue weighted by molar-refractivity contribution is 0.224. The maximum Gasteiger partial charge on any atom is 0.0829 e. The van der Waals surface area contributed by atoms with E-state index in [0.29, 0.717) is 0 Å². The Bertz CT molecular complexity index is 518. The molecule has 4 heteroatoms. The molecule has 0 radical (unpaired) electrons. The van der Waals surface area contributed by atoms with Gasteiger partial charge in [-0.2, -0.15) is 0 Å². The van der Waals surface area contributed by atoms with Crippen LogP contribution in [0.2, 0.25) is 0 Å². The number of hydrogen-bond donors (Lipinski definition) is 2. The summed E-state index contributed by atoms with van der Waals surface area (Å²) in [4.78, 5) is 4.00. The Kier molecular flexibility index (Phi) is 3.99. The third kappa shape index (κ3) is 2.71.